The monoisotopic (exact) mass is 538 g/mol. The van der Waals surface area contributed by atoms with E-state index in [4.69, 9.17) is 0 Å². The van der Waals surface area contributed by atoms with E-state index in [9.17, 15) is 13.2 Å². The minimum atomic E-state index is -2.63. The van der Waals surface area contributed by atoms with Gasteiger partial charge in [-0.2, -0.15) is 5.10 Å². The lowest BCUT2D eigenvalue weighted by Crippen LogP contribution is -2.26. The zero-order chi connectivity index (χ0) is 27.9. The van der Waals surface area contributed by atoms with Crippen molar-refractivity contribution in [1.29, 1.82) is 0 Å². The van der Waals surface area contributed by atoms with Gasteiger partial charge in [-0.1, -0.05) is 61.2 Å². The van der Waals surface area contributed by atoms with Crippen LogP contribution < -0.4 is 0 Å². The summed E-state index contributed by atoms with van der Waals surface area (Å²) in [5, 5.41) is 9.57. The van der Waals surface area contributed by atoms with E-state index < -0.39 is 5.92 Å². The van der Waals surface area contributed by atoms with Crippen LogP contribution in [0.1, 0.15) is 18.9 Å². The number of H-pyrrole nitrogens is 2. The number of allylic oxidation sites excluding steroid dienone is 3. The quantitative estimate of drug-likeness (QED) is 0.205. The molecule has 2 N–H and O–H groups in total. The molecule has 1 aliphatic heterocycles. The molecule has 0 saturated carbocycles. The van der Waals surface area contributed by atoms with Crippen LogP contribution in [0.3, 0.4) is 0 Å². The highest BCUT2D eigenvalue weighted by Gasteiger charge is 2.37. The van der Waals surface area contributed by atoms with Crippen LogP contribution in [0.2, 0.25) is 0 Å². The van der Waals surface area contributed by atoms with Gasteiger partial charge >= 0.3 is 0 Å². The molecule has 1 aliphatic rings. The molecule has 5 aromatic rings. The summed E-state index contributed by atoms with van der Waals surface area (Å²) < 4.78 is 42.0. The van der Waals surface area contributed by atoms with Gasteiger partial charge in [0.1, 0.15) is 11.5 Å². The first-order valence-corrected chi connectivity index (χ1v) is 13.3. The maximum Gasteiger partial charge on any atom is 0.261 e. The Morgan fingerprint density at radius 2 is 1.85 bits per heavy atom. The molecule has 0 bridgehead atoms. The number of fused-ring (bicyclic) bond motifs is 2. The summed E-state index contributed by atoms with van der Waals surface area (Å²) in [7, 11) is 0. The fraction of sp³-hybridized carbons (Fsp3) is 0.182. The molecule has 0 unspecified atom stereocenters. The zero-order valence-electron chi connectivity index (χ0n) is 22.1. The van der Waals surface area contributed by atoms with E-state index in [1.807, 2.05) is 61.5 Å². The molecule has 40 heavy (non-hydrogen) atoms. The first kappa shape index (κ1) is 25.9. The van der Waals surface area contributed by atoms with Gasteiger partial charge in [0, 0.05) is 41.4 Å². The van der Waals surface area contributed by atoms with Gasteiger partial charge in [0.25, 0.3) is 5.92 Å². The predicted octanol–water partition coefficient (Wildman–Crippen LogP) is 8.37. The maximum absolute atomic E-state index is 14.6. The number of aromatic amines is 2. The van der Waals surface area contributed by atoms with E-state index >= 15 is 0 Å². The molecule has 0 aliphatic carbocycles. The minimum Gasteiger partial charge on any atom is -0.353 e. The van der Waals surface area contributed by atoms with Crippen molar-refractivity contribution in [2.75, 3.05) is 19.6 Å². The molecule has 2 aromatic heterocycles. The van der Waals surface area contributed by atoms with Gasteiger partial charge in [-0.05, 0) is 59.5 Å². The summed E-state index contributed by atoms with van der Waals surface area (Å²) in [6.07, 6.45) is 5.64. The molecule has 3 heterocycles. The molecule has 1 saturated heterocycles. The number of nitrogens with one attached hydrogen (secondary N) is 2. The number of likely N-dealkylation sites (tertiary alicyclic amines) is 1. The Morgan fingerprint density at radius 3 is 2.60 bits per heavy atom. The van der Waals surface area contributed by atoms with E-state index in [1.165, 1.54) is 6.07 Å². The van der Waals surface area contributed by atoms with Gasteiger partial charge in [0.2, 0.25) is 0 Å². The van der Waals surface area contributed by atoms with Crippen molar-refractivity contribution in [3.05, 3.63) is 108 Å². The Balaban J connectivity index is 1.36. The molecule has 7 heteroatoms. The SMILES string of the molecule is C=C/C(=C\C(=C/C)c1ccc2[nH]nc(-c3cc4c(-c5ccccc5F)cccc4[nH]3)c2c1)CN1CCC(F)(F)C1. The zero-order valence-corrected chi connectivity index (χ0v) is 22.1. The van der Waals surface area contributed by atoms with Crippen molar-refractivity contribution < 1.29 is 13.2 Å². The lowest BCUT2D eigenvalue weighted by molar-refractivity contribution is 0.0131. The van der Waals surface area contributed by atoms with Gasteiger partial charge in [0.15, 0.2) is 0 Å². The third kappa shape index (κ3) is 4.89. The molecule has 202 valence electrons. The van der Waals surface area contributed by atoms with Crippen LogP contribution in [0.15, 0.2) is 97.1 Å². The van der Waals surface area contributed by atoms with Gasteiger partial charge < -0.3 is 4.98 Å². The first-order valence-electron chi connectivity index (χ1n) is 13.3. The predicted molar refractivity (Wildman–Crippen MR) is 157 cm³/mol. The highest BCUT2D eigenvalue weighted by Crippen LogP contribution is 2.36. The Kier molecular flexibility index (Phi) is 6.68. The average Bonchev–Trinajstić information content (AvgIpc) is 3.66. The highest BCUT2D eigenvalue weighted by molar-refractivity contribution is 6.01. The second-order valence-corrected chi connectivity index (χ2v) is 10.2. The van der Waals surface area contributed by atoms with Crippen LogP contribution in [-0.2, 0) is 0 Å². The molecule has 0 amide bonds. The molecule has 0 radical (unpaired) electrons. The number of halogens is 3. The van der Waals surface area contributed by atoms with Crippen LogP contribution in [0.5, 0.6) is 0 Å². The topological polar surface area (TPSA) is 47.7 Å². The van der Waals surface area contributed by atoms with Crippen molar-refractivity contribution in [1.82, 2.24) is 20.1 Å². The minimum absolute atomic E-state index is 0.108. The molecular formula is C33H29F3N4. The smallest absolute Gasteiger partial charge is 0.261 e. The van der Waals surface area contributed by atoms with E-state index in [1.54, 1.807) is 23.1 Å². The standard InChI is InChI=1S/C33H29F3N4/c1-3-21(19-40-15-14-33(35,36)20-40)16-22(4-2)23-12-13-30-27(17-23)32(39-38-30)31-18-26-24(9-7-11-29(26)37-31)25-8-5-6-10-28(25)34/h3-13,16-18,37H,1,14-15,19-20H2,2H3,(H,38,39)/b21-16+,22-4+. The van der Waals surface area contributed by atoms with Gasteiger partial charge in [-0.15, -0.1) is 0 Å². The van der Waals surface area contributed by atoms with Crippen molar-refractivity contribution in [2.24, 2.45) is 0 Å². The normalized spacial score (nSPS) is 16.3. The third-order valence-corrected chi connectivity index (χ3v) is 7.55. The van der Waals surface area contributed by atoms with Crippen LogP contribution in [0.25, 0.3) is 49.9 Å². The molecular weight excluding hydrogens is 509 g/mol. The fourth-order valence-corrected chi connectivity index (χ4v) is 5.50. The summed E-state index contributed by atoms with van der Waals surface area (Å²) in [4.78, 5) is 5.23. The van der Waals surface area contributed by atoms with Crippen molar-refractivity contribution in [3.8, 4) is 22.5 Å². The van der Waals surface area contributed by atoms with Crippen LogP contribution in [0.4, 0.5) is 13.2 Å². The van der Waals surface area contributed by atoms with Crippen molar-refractivity contribution in [3.63, 3.8) is 0 Å². The molecule has 0 spiro atoms. The summed E-state index contributed by atoms with van der Waals surface area (Å²) >= 11 is 0. The average molecular weight is 539 g/mol. The third-order valence-electron chi connectivity index (χ3n) is 7.55. The van der Waals surface area contributed by atoms with Gasteiger partial charge in [-0.3, -0.25) is 10.00 Å². The molecule has 0 atom stereocenters. The Morgan fingerprint density at radius 1 is 1.02 bits per heavy atom. The summed E-state index contributed by atoms with van der Waals surface area (Å²) in [5.41, 5.74) is 7.55. The summed E-state index contributed by atoms with van der Waals surface area (Å²) in [6.45, 7) is 6.45. The Hall–Kier alpha value is -4.36. The second-order valence-electron chi connectivity index (χ2n) is 10.2. The number of rotatable bonds is 7. The van der Waals surface area contributed by atoms with E-state index in [2.05, 4.69) is 27.8 Å². The molecule has 6 rings (SSSR count). The number of hydrogen-bond donors (Lipinski definition) is 2. The van der Waals surface area contributed by atoms with E-state index in [-0.39, 0.29) is 18.8 Å². The molecule has 1 fully saturated rings. The number of aromatic nitrogens is 3. The molecule has 4 nitrogen and oxygen atoms in total. The number of benzene rings is 3. The van der Waals surface area contributed by atoms with Crippen LogP contribution in [0, 0.1) is 5.82 Å². The fourth-order valence-electron chi connectivity index (χ4n) is 5.50. The van der Waals surface area contributed by atoms with Gasteiger partial charge in [-0.25, -0.2) is 13.2 Å². The second kappa shape index (κ2) is 10.3. The van der Waals surface area contributed by atoms with E-state index in [0.717, 1.165) is 55.5 Å². The number of alkyl halides is 2. The lowest BCUT2D eigenvalue weighted by Gasteiger charge is -2.16. The Bertz CT molecular complexity index is 1790. The first-order chi connectivity index (χ1) is 19.3. The number of nitrogens with zero attached hydrogens (tertiary/aromatic N) is 2. The van der Waals surface area contributed by atoms with Crippen LogP contribution >= 0.6 is 0 Å². The lowest BCUT2D eigenvalue weighted by atomic mass is 9.99. The van der Waals surface area contributed by atoms with Gasteiger partial charge in [0.05, 0.1) is 17.8 Å². The molecule has 3 aromatic carbocycles. The maximum atomic E-state index is 14.6. The Labute approximate surface area is 230 Å². The summed E-state index contributed by atoms with van der Waals surface area (Å²) in [5.74, 6) is -2.89. The summed E-state index contributed by atoms with van der Waals surface area (Å²) in [6, 6.07) is 20.7. The highest BCUT2D eigenvalue weighted by atomic mass is 19.3. The van der Waals surface area contributed by atoms with E-state index in [0.29, 0.717) is 18.7 Å². The van der Waals surface area contributed by atoms with Crippen LogP contribution in [-0.4, -0.2) is 45.6 Å². The largest absolute Gasteiger partial charge is 0.353 e. The number of hydrogen-bond acceptors (Lipinski definition) is 2. The van der Waals surface area contributed by atoms with Crippen molar-refractivity contribution in [2.45, 2.75) is 19.3 Å². The van der Waals surface area contributed by atoms with Crippen molar-refractivity contribution >= 4 is 27.4 Å².